The highest BCUT2D eigenvalue weighted by atomic mass is 19.4. The fourth-order valence-corrected chi connectivity index (χ4v) is 2.36. The lowest BCUT2D eigenvalue weighted by molar-refractivity contribution is -0.152. The van der Waals surface area contributed by atoms with E-state index >= 15 is 0 Å². The second-order valence-corrected chi connectivity index (χ2v) is 7.09. The predicted molar refractivity (Wildman–Crippen MR) is 113 cm³/mol. The minimum Gasteiger partial charge on any atom is -0.465 e. The Hall–Kier alpha value is -3.30. The van der Waals surface area contributed by atoms with Crippen molar-refractivity contribution >= 4 is 17.6 Å². The van der Waals surface area contributed by atoms with Gasteiger partial charge in [0.25, 0.3) is 0 Å². The number of hydrogen-bond acceptors (Lipinski definition) is 7. The van der Waals surface area contributed by atoms with Gasteiger partial charge >= 0.3 is 18.1 Å². The number of methoxy groups -OCH3 is 1. The molecule has 1 heterocycles. The van der Waals surface area contributed by atoms with Crippen molar-refractivity contribution in [2.24, 2.45) is 0 Å². The summed E-state index contributed by atoms with van der Waals surface area (Å²) in [6.45, 7) is 8.90. The quantitative estimate of drug-likeness (QED) is 0.578. The van der Waals surface area contributed by atoms with Crippen molar-refractivity contribution in [1.82, 2.24) is 4.98 Å². The molecule has 0 amide bonds. The fraction of sp³-hybridized carbons (Fsp3) is 0.409. The van der Waals surface area contributed by atoms with E-state index in [0.717, 1.165) is 25.4 Å². The van der Waals surface area contributed by atoms with Crippen molar-refractivity contribution < 1.29 is 37.0 Å². The minimum absolute atomic E-state index is 0.0388. The van der Waals surface area contributed by atoms with Gasteiger partial charge in [-0.2, -0.15) is 13.2 Å². The van der Waals surface area contributed by atoms with Crippen molar-refractivity contribution in [3.63, 3.8) is 0 Å². The van der Waals surface area contributed by atoms with Crippen molar-refractivity contribution in [2.75, 3.05) is 19.0 Å². The number of pyridine rings is 1. The van der Waals surface area contributed by atoms with Crippen LogP contribution in [0.2, 0.25) is 0 Å². The maximum atomic E-state index is 13.1. The number of carbonyl (C=O) groups excluding carboxylic acids is 2. The number of anilines is 1. The third-order valence-electron chi connectivity index (χ3n) is 3.53. The standard InChI is InChI=1S/C20H21F3N2O5.C2H6/c1-19(2,3)30-16(26)11-25-15-8-7-12(10-13(15)18(27)28-4)29-17-14(20(21,22)23)6-5-9-24-17;1-2/h5-10,25H,11H2,1-4H3;1-2H3. The highest BCUT2D eigenvalue weighted by molar-refractivity contribution is 5.96. The number of nitrogens with one attached hydrogen (secondary N) is 1. The third-order valence-corrected chi connectivity index (χ3v) is 3.53. The van der Waals surface area contributed by atoms with Crippen molar-refractivity contribution in [2.45, 2.75) is 46.4 Å². The van der Waals surface area contributed by atoms with Crippen LogP contribution in [0.25, 0.3) is 0 Å². The molecule has 0 aliphatic rings. The van der Waals surface area contributed by atoms with Crippen LogP contribution in [-0.4, -0.2) is 36.2 Å². The first-order chi connectivity index (χ1) is 14.9. The molecule has 0 bridgehead atoms. The van der Waals surface area contributed by atoms with Crippen molar-refractivity contribution in [3.8, 4) is 11.6 Å². The summed E-state index contributed by atoms with van der Waals surface area (Å²) in [5.41, 5.74) is -1.56. The molecule has 1 aromatic heterocycles. The number of carbonyl (C=O) groups is 2. The number of esters is 2. The van der Waals surface area contributed by atoms with Gasteiger partial charge in [0.15, 0.2) is 0 Å². The van der Waals surface area contributed by atoms with Crippen LogP contribution in [0, 0.1) is 0 Å². The highest BCUT2D eigenvalue weighted by Gasteiger charge is 2.35. The number of rotatable bonds is 6. The molecule has 32 heavy (non-hydrogen) atoms. The maximum Gasteiger partial charge on any atom is 0.421 e. The summed E-state index contributed by atoms with van der Waals surface area (Å²) in [4.78, 5) is 27.6. The number of benzene rings is 1. The van der Waals surface area contributed by atoms with Crippen LogP contribution in [-0.2, 0) is 20.4 Å². The number of alkyl halides is 3. The minimum atomic E-state index is -4.66. The van der Waals surface area contributed by atoms with Crippen LogP contribution in [0.1, 0.15) is 50.5 Å². The zero-order chi connectivity index (χ0) is 24.5. The number of hydrogen-bond donors (Lipinski definition) is 1. The Bertz CT molecular complexity index is 925. The first-order valence-corrected chi connectivity index (χ1v) is 9.79. The molecule has 10 heteroatoms. The Morgan fingerprint density at radius 1 is 1.09 bits per heavy atom. The summed E-state index contributed by atoms with van der Waals surface area (Å²) in [5, 5.41) is 2.75. The molecule has 7 nitrogen and oxygen atoms in total. The zero-order valence-corrected chi connectivity index (χ0v) is 18.8. The lowest BCUT2D eigenvalue weighted by atomic mass is 10.1. The van der Waals surface area contributed by atoms with E-state index in [1.165, 1.54) is 18.2 Å². The van der Waals surface area contributed by atoms with Crippen LogP contribution in [0.3, 0.4) is 0 Å². The fourth-order valence-electron chi connectivity index (χ4n) is 2.36. The molecule has 2 aromatic rings. The molecule has 0 atom stereocenters. The van der Waals surface area contributed by atoms with Gasteiger partial charge in [-0.3, -0.25) is 4.79 Å². The van der Waals surface area contributed by atoms with Gasteiger partial charge in [0, 0.05) is 11.9 Å². The van der Waals surface area contributed by atoms with Gasteiger partial charge in [-0.25, -0.2) is 9.78 Å². The van der Waals surface area contributed by atoms with Gasteiger partial charge in [-0.1, -0.05) is 13.8 Å². The SMILES string of the molecule is CC.COC(=O)c1cc(Oc2ncccc2C(F)(F)F)ccc1NCC(=O)OC(C)(C)C. The number of nitrogens with zero attached hydrogens (tertiary/aromatic N) is 1. The molecule has 0 saturated heterocycles. The van der Waals surface area contributed by atoms with Crippen molar-refractivity contribution in [3.05, 3.63) is 47.7 Å². The third kappa shape index (κ3) is 8.09. The molecule has 0 spiro atoms. The molecule has 0 saturated carbocycles. The Labute approximate surface area is 184 Å². The summed E-state index contributed by atoms with van der Waals surface area (Å²) in [7, 11) is 1.15. The molecular weight excluding hydrogens is 429 g/mol. The second kappa shape index (κ2) is 11.4. The maximum absolute atomic E-state index is 13.1. The average molecular weight is 456 g/mol. The molecule has 0 aliphatic heterocycles. The smallest absolute Gasteiger partial charge is 0.421 e. The van der Waals surface area contributed by atoms with Crippen molar-refractivity contribution in [1.29, 1.82) is 0 Å². The monoisotopic (exact) mass is 456 g/mol. The number of ether oxygens (including phenoxy) is 3. The van der Waals surface area contributed by atoms with Crippen LogP contribution in [0.5, 0.6) is 11.6 Å². The van der Waals surface area contributed by atoms with Crippen LogP contribution < -0.4 is 10.1 Å². The molecule has 1 N–H and O–H groups in total. The molecule has 0 unspecified atom stereocenters. The lowest BCUT2D eigenvalue weighted by Crippen LogP contribution is -2.28. The van der Waals surface area contributed by atoms with Gasteiger partial charge in [0.1, 0.15) is 23.5 Å². The normalized spacial score (nSPS) is 11.0. The number of halogens is 3. The second-order valence-electron chi connectivity index (χ2n) is 7.09. The molecule has 2 rings (SSSR count). The first kappa shape index (κ1) is 26.7. The average Bonchev–Trinajstić information content (AvgIpc) is 2.72. The van der Waals surface area contributed by atoms with E-state index in [0.29, 0.717) is 0 Å². The first-order valence-electron chi connectivity index (χ1n) is 9.79. The molecule has 0 fully saturated rings. The summed E-state index contributed by atoms with van der Waals surface area (Å²) >= 11 is 0. The van der Waals surface area contributed by atoms with E-state index < -0.39 is 35.2 Å². The van der Waals surface area contributed by atoms with Crippen LogP contribution >= 0.6 is 0 Å². The van der Waals surface area contributed by atoms with Gasteiger partial charge < -0.3 is 19.5 Å². The van der Waals surface area contributed by atoms with Gasteiger partial charge in [-0.05, 0) is 51.1 Å². The van der Waals surface area contributed by atoms with Gasteiger partial charge in [0.05, 0.1) is 12.7 Å². The molecule has 0 radical (unpaired) electrons. The summed E-state index contributed by atoms with van der Waals surface area (Å²) < 4.78 is 54.5. The zero-order valence-electron chi connectivity index (χ0n) is 18.8. The van der Waals surface area contributed by atoms with E-state index in [9.17, 15) is 22.8 Å². The van der Waals surface area contributed by atoms with E-state index in [-0.39, 0.29) is 23.5 Å². The molecular formula is C22H27F3N2O5. The Morgan fingerprint density at radius 2 is 1.75 bits per heavy atom. The van der Waals surface area contributed by atoms with Crippen LogP contribution in [0.15, 0.2) is 36.5 Å². The molecule has 1 aromatic carbocycles. The van der Waals surface area contributed by atoms with Crippen LogP contribution in [0.4, 0.5) is 18.9 Å². The largest absolute Gasteiger partial charge is 0.465 e. The molecule has 176 valence electrons. The highest BCUT2D eigenvalue weighted by Crippen LogP contribution is 2.37. The Morgan fingerprint density at radius 3 is 2.31 bits per heavy atom. The predicted octanol–water partition coefficient (Wildman–Crippen LogP) is 5.46. The number of aromatic nitrogens is 1. The summed E-state index contributed by atoms with van der Waals surface area (Å²) in [5.74, 6) is -2.05. The molecule has 0 aliphatic carbocycles. The topological polar surface area (TPSA) is 86.8 Å². The summed E-state index contributed by atoms with van der Waals surface area (Å²) in [6.07, 6.45) is -3.51. The lowest BCUT2D eigenvalue weighted by Gasteiger charge is -2.20. The van der Waals surface area contributed by atoms with Gasteiger partial charge in [0.2, 0.25) is 5.88 Å². The van der Waals surface area contributed by atoms with E-state index in [1.54, 1.807) is 20.8 Å². The van der Waals surface area contributed by atoms with Gasteiger partial charge in [-0.15, -0.1) is 0 Å². The summed E-state index contributed by atoms with van der Waals surface area (Å²) in [6, 6.07) is 5.87. The van der Waals surface area contributed by atoms with E-state index in [1.807, 2.05) is 13.8 Å². The Kier molecular flexibility index (Phi) is 9.49. The Balaban J connectivity index is 0.00000249. The van der Waals surface area contributed by atoms with E-state index in [2.05, 4.69) is 10.3 Å². The van der Waals surface area contributed by atoms with E-state index in [4.69, 9.17) is 14.2 Å².